The number of amides is 1. The molecule has 2 saturated heterocycles. The lowest BCUT2D eigenvalue weighted by molar-refractivity contribution is 0.0946. The average molecular weight is 445 g/mol. The van der Waals surface area contributed by atoms with Crippen molar-refractivity contribution in [3.05, 3.63) is 65.6 Å². The van der Waals surface area contributed by atoms with E-state index in [4.69, 9.17) is 10.5 Å². The van der Waals surface area contributed by atoms with Crippen molar-refractivity contribution in [2.24, 2.45) is 11.8 Å². The van der Waals surface area contributed by atoms with Gasteiger partial charge in [0.15, 0.2) is 0 Å². The van der Waals surface area contributed by atoms with Crippen LogP contribution in [0.2, 0.25) is 0 Å². The van der Waals surface area contributed by atoms with E-state index in [1.807, 2.05) is 36.4 Å². The topological polar surface area (TPSA) is 80.5 Å². The standard InChI is InChI=1S/C26H25FN4O2/c27-24-22(15-1-4-20(5-2-15)31-11-18-13-33-14-19(18)12-31)10-23(25(28)30-24)16-3-6-21-17(9-16)7-8-29-26(21)32/h1-6,9-10,18-19H,7-8,11-14H2,(H2,28,30)(H,29,32)/t18-,19?/m0/s1. The second-order valence-electron chi connectivity index (χ2n) is 9.15. The van der Waals surface area contributed by atoms with Crippen LogP contribution in [0.25, 0.3) is 22.3 Å². The summed E-state index contributed by atoms with van der Waals surface area (Å²) in [5, 5.41) is 2.85. The molecule has 0 spiro atoms. The van der Waals surface area contributed by atoms with E-state index in [2.05, 4.69) is 15.2 Å². The Bertz CT molecular complexity index is 1230. The Hall–Kier alpha value is -3.45. The number of fused-ring (bicyclic) bond motifs is 2. The van der Waals surface area contributed by atoms with Crippen LogP contribution in [0.3, 0.4) is 0 Å². The number of anilines is 2. The Morgan fingerprint density at radius 2 is 1.70 bits per heavy atom. The molecule has 1 unspecified atom stereocenters. The maximum Gasteiger partial charge on any atom is 0.251 e. The summed E-state index contributed by atoms with van der Waals surface area (Å²) in [6.45, 7) is 4.30. The summed E-state index contributed by atoms with van der Waals surface area (Å²) in [4.78, 5) is 18.4. The van der Waals surface area contributed by atoms with E-state index in [0.29, 0.717) is 35.1 Å². The molecule has 3 aliphatic heterocycles. The Balaban J connectivity index is 1.31. The van der Waals surface area contributed by atoms with Gasteiger partial charge < -0.3 is 20.7 Å². The van der Waals surface area contributed by atoms with Gasteiger partial charge in [0, 0.05) is 53.8 Å². The normalized spacial score (nSPS) is 21.6. The second-order valence-corrected chi connectivity index (χ2v) is 9.15. The summed E-state index contributed by atoms with van der Waals surface area (Å²) < 4.78 is 20.4. The number of ether oxygens (including phenoxy) is 1. The van der Waals surface area contributed by atoms with Crippen LogP contribution in [0.15, 0.2) is 48.5 Å². The lowest BCUT2D eigenvalue weighted by Gasteiger charge is -2.20. The number of rotatable bonds is 3. The van der Waals surface area contributed by atoms with Gasteiger partial charge in [-0.2, -0.15) is 4.39 Å². The van der Waals surface area contributed by atoms with Crippen LogP contribution in [0.4, 0.5) is 15.9 Å². The monoisotopic (exact) mass is 444 g/mol. The van der Waals surface area contributed by atoms with E-state index in [-0.39, 0.29) is 11.7 Å². The Kier molecular flexibility index (Phi) is 4.80. The number of carbonyl (C=O) groups is 1. The van der Waals surface area contributed by atoms with Crippen LogP contribution in [-0.4, -0.2) is 43.7 Å². The molecule has 33 heavy (non-hydrogen) atoms. The van der Waals surface area contributed by atoms with Crippen molar-refractivity contribution in [1.29, 1.82) is 0 Å². The molecule has 0 radical (unpaired) electrons. The SMILES string of the molecule is Nc1nc(F)c(-c2ccc(N3CC4COC[C@@H]4C3)cc2)cc1-c1ccc2c(c1)CCNC2=O. The minimum atomic E-state index is -0.589. The summed E-state index contributed by atoms with van der Waals surface area (Å²) in [6, 6.07) is 15.3. The molecule has 6 rings (SSSR count). The van der Waals surface area contributed by atoms with E-state index >= 15 is 0 Å². The summed E-state index contributed by atoms with van der Waals surface area (Å²) in [5.74, 6) is 0.693. The predicted molar refractivity (Wildman–Crippen MR) is 126 cm³/mol. The molecule has 0 aliphatic carbocycles. The van der Waals surface area contributed by atoms with Gasteiger partial charge in [0.1, 0.15) is 5.82 Å². The first-order valence-corrected chi connectivity index (χ1v) is 11.4. The molecule has 3 aliphatic rings. The molecule has 1 amide bonds. The fourth-order valence-electron chi connectivity index (χ4n) is 5.28. The highest BCUT2D eigenvalue weighted by Gasteiger charge is 2.37. The van der Waals surface area contributed by atoms with Gasteiger partial charge in [0.25, 0.3) is 5.91 Å². The quantitative estimate of drug-likeness (QED) is 0.605. The van der Waals surface area contributed by atoms with Crippen LogP contribution in [0.5, 0.6) is 0 Å². The van der Waals surface area contributed by atoms with Crippen molar-refractivity contribution in [2.45, 2.75) is 6.42 Å². The van der Waals surface area contributed by atoms with Crippen molar-refractivity contribution < 1.29 is 13.9 Å². The molecule has 168 valence electrons. The van der Waals surface area contributed by atoms with Gasteiger partial charge in [-0.3, -0.25) is 4.79 Å². The highest BCUT2D eigenvalue weighted by Crippen LogP contribution is 2.36. The summed E-state index contributed by atoms with van der Waals surface area (Å²) in [7, 11) is 0. The first-order valence-electron chi connectivity index (χ1n) is 11.4. The largest absolute Gasteiger partial charge is 0.383 e. The van der Waals surface area contributed by atoms with Crippen molar-refractivity contribution in [2.75, 3.05) is 43.5 Å². The van der Waals surface area contributed by atoms with Gasteiger partial charge in [-0.1, -0.05) is 24.3 Å². The van der Waals surface area contributed by atoms with Gasteiger partial charge in [0.05, 0.1) is 13.2 Å². The zero-order valence-electron chi connectivity index (χ0n) is 18.2. The number of pyridine rings is 1. The fourth-order valence-corrected chi connectivity index (χ4v) is 5.28. The summed E-state index contributed by atoms with van der Waals surface area (Å²) in [6.07, 6.45) is 0.752. The highest BCUT2D eigenvalue weighted by atomic mass is 19.1. The molecule has 2 atom stereocenters. The van der Waals surface area contributed by atoms with Crippen molar-refractivity contribution in [3.8, 4) is 22.3 Å². The van der Waals surface area contributed by atoms with Crippen LogP contribution in [0, 0.1) is 17.8 Å². The number of nitrogens with two attached hydrogens (primary N) is 1. The highest BCUT2D eigenvalue weighted by molar-refractivity contribution is 5.97. The molecule has 1 aromatic heterocycles. The third kappa shape index (κ3) is 3.53. The maximum absolute atomic E-state index is 14.8. The molecule has 0 bridgehead atoms. The van der Waals surface area contributed by atoms with Gasteiger partial charge in [-0.25, -0.2) is 4.98 Å². The first kappa shape index (κ1) is 20.2. The number of nitrogens with one attached hydrogen (secondary N) is 1. The molecule has 0 saturated carbocycles. The molecule has 6 nitrogen and oxygen atoms in total. The minimum absolute atomic E-state index is 0.0667. The van der Waals surface area contributed by atoms with Crippen LogP contribution < -0.4 is 16.0 Å². The number of aromatic nitrogens is 1. The van der Waals surface area contributed by atoms with E-state index in [9.17, 15) is 9.18 Å². The Morgan fingerprint density at radius 1 is 0.970 bits per heavy atom. The lowest BCUT2D eigenvalue weighted by atomic mass is 9.94. The predicted octanol–water partition coefficient (Wildman–Crippen LogP) is 3.51. The maximum atomic E-state index is 14.8. The molecule has 3 N–H and O–H groups in total. The number of nitrogens with zero attached hydrogens (tertiary/aromatic N) is 2. The smallest absolute Gasteiger partial charge is 0.251 e. The number of halogens is 1. The first-order chi connectivity index (χ1) is 16.1. The van der Waals surface area contributed by atoms with Crippen molar-refractivity contribution in [1.82, 2.24) is 10.3 Å². The lowest BCUT2D eigenvalue weighted by Crippen LogP contribution is -2.31. The fraction of sp³-hybridized carbons (Fsp3) is 0.308. The number of hydrogen-bond donors (Lipinski definition) is 2. The van der Waals surface area contributed by atoms with Gasteiger partial charge >= 0.3 is 0 Å². The molecule has 4 heterocycles. The molecule has 7 heteroatoms. The van der Waals surface area contributed by atoms with E-state index in [1.54, 1.807) is 12.1 Å². The van der Waals surface area contributed by atoms with Crippen molar-refractivity contribution in [3.63, 3.8) is 0 Å². The van der Waals surface area contributed by atoms with E-state index < -0.39 is 5.95 Å². The second kappa shape index (κ2) is 7.85. The van der Waals surface area contributed by atoms with Crippen LogP contribution in [0.1, 0.15) is 15.9 Å². The van der Waals surface area contributed by atoms with E-state index in [0.717, 1.165) is 55.1 Å². The number of nitrogen functional groups attached to an aromatic ring is 1. The average Bonchev–Trinajstić information content (AvgIpc) is 3.42. The zero-order valence-corrected chi connectivity index (χ0v) is 18.2. The molecule has 2 aromatic carbocycles. The van der Waals surface area contributed by atoms with Gasteiger partial charge in [-0.15, -0.1) is 0 Å². The van der Waals surface area contributed by atoms with Crippen molar-refractivity contribution >= 4 is 17.4 Å². The van der Waals surface area contributed by atoms with Crippen LogP contribution >= 0.6 is 0 Å². The third-order valence-corrected chi connectivity index (χ3v) is 7.13. The molecular weight excluding hydrogens is 419 g/mol. The third-order valence-electron chi connectivity index (χ3n) is 7.13. The summed E-state index contributed by atoms with van der Waals surface area (Å²) >= 11 is 0. The molecular formula is C26H25FN4O2. The van der Waals surface area contributed by atoms with E-state index in [1.165, 1.54) is 0 Å². The number of benzene rings is 2. The zero-order chi connectivity index (χ0) is 22.5. The van der Waals surface area contributed by atoms with Gasteiger partial charge in [-0.05, 0) is 47.4 Å². The molecule has 3 aromatic rings. The Labute approximate surface area is 191 Å². The number of carbonyl (C=O) groups excluding carboxylic acids is 1. The Morgan fingerprint density at radius 3 is 2.45 bits per heavy atom. The minimum Gasteiger partial charge on any atom is -0.383 e. The van der Waals surface area contributed by atoms with Crippen LogP contribution in [-0.2, 0) is 11.2 Å². The molecule has 2 fully saturated rings. The van der Waals surface area contributed by atoms with Gasteiger partial charge in [0.2, 0.25) is 5.95 Å². The number of hydrogen-bond acceptors (Lipinski definition) is 5. The summed E-state index contributed by atoms with van der Waals surface area (Å²) in [5.41, 5.74) is 11.5.